The lowest BCUT2D eigenvalue weighted by Gasteiger charge is -2.24. The number of rotatable bonds is 4. The molecular formula is C12H23N3O2. The Morgan fingerprint density at radius 3 is 2.41 bits per heavy atom. The van der Waals surface area contributed by atoms with Gasteiger partial charge in [0.25, 0.3) is 0 Å². The third kappa shape index (κ3) is 3.19. The van der Waals surface area contributed by atoms with Gasteiger partial charge in [-0.2, -0.15) is 0 Å². The van der Waals surface area contributed by atoms with Gasteiger partial charge >= 0.3 is 0 Å². The maximum atomic E-state index is 12.0. The lowest BCUT2D eigenvalue weighted by Crippen LogP contribution is -2.45. The fourth-order valence-corrected chi connectivity index (χ4v) is 2.19. The fourth-order valence-electron chi connectivity index (χ4n) is 2.19. The van der Waals surface area contributed by atoms with E-state index < -0.39 is 11.5 Å². The van der Waals surface area contributed by atoms with Crippen molar-refractivity contribution in [1.29, 1.82) is 0 Å². The minimum Gasteiger partial charge on any atom is -0.369 e. The molecule has 0 bridgehead atoms. The summed E-state index contributed by atoms with van der Waals surface area (Å²) in [6, 6.07) is -0.467. The van der Waals surface area contributed by atoms with Crippen molar-refractivity contribution in [2.75, 3.05) is 13.1 Å². The maximum Gasteiger partial charge on any atom is 0.239 e. The summed E-state index contributed by atoms with van der Waals surface area (Å²) in [7, 11) is 0. The molecule has 1 rings (SSSR count). The molecule has 1 unspecified atom stereocenters. The Hall–Kier alpha value is -1.10. The van der Waals surface area contributed by atoms with Gasteiger partial charge in [0.2, 0.25) is 11.8 Å². The molecule has 0 aromatic carbocycles. The highest BCUT2D eigenvalue weighted by Crippen LogP contribution is 2.29. The van der Waals surface area contributed by atoms with E-state index in [4.69, 9.17) is 11.5 Å². The van der Waals surface area contributed by atoms with Gasteiger partial charge in [-0.3, -0.25) is 9.59 Å². The van der Waals surface area contributed by atoms with Crippen molar-refractivity contribution in [3.05, 3.63) is 0 Å². The molecule has 5 heteroatoms. The highest BCUT2D eigenvalue weighted by Gasteiger charge is 2.41. The van der Waals surface area contributed by atoms with E-state index in [-0.39, 0.29) is 11.8 Å². The van der Waals surface area contributed by atoms with Gasteiger partial charge in [-0.05, 0) is 25.7 Å². The van der Waals surface area contributed by atoms with Gasteiger partial charge in [-0.1, -0.05) is 13.8 Å². The first-order valence-electron chi connectivity index (χ1n) is 6.10. The molecule has 0 spiro atoms. The summed E-state index contributed by atoms with van der Waals surface area (Å²) in [4.78, 5) is 25.0. The lowest BCUT2D eigenvalue weighted by molar-refractivity contribution is -0.133. The van der Waals surface area contributed by atoms with Crippen LogP contribution in [0.2, 0.25) is 0 Å². The highest BCUT2D eigenvalue weighted by molar-refractivity contribution is 5.85. The van der Waals surface area contributed by atoms with E-state index in [0.717, 1.165) is 0 Å². The summed E-state index contributed by atoms with van der Waals surface area (Å²) in [5.41, 5.74) is 10.6. The summed E-state index contributed by atoms with van der Waals surface area (Å²) in [5, 5.41) is 0. The number of amides is 2. The molecule has 5 nitrogen and oxygen atoms in total. The standard InChI is InChI=1S/C12H23N3O2/c1-8(2)6-9(13)10(16)15-5-4-12(3,7-15)11(14)17/h8-9H,4-7,13H2,1-3H3,(H2,14,17)/t9-,12?/m0/s1. The predicted molar refractivity (Wildman–Crippen MR) is 65.9 cm³/mol. The normalized spacial score (nSPS) is 26.3. The van der Waals surface area contributed by atoms with Crippen LogP contribution in [0, 0.1) is 11.3 Å². The number of hydrogen-bond donors (Lipinski definition) is 2. The van der Waals surface area contributed by atoms with Gasteiger partial charge in [-0.15, -0.1) is 0 Å². The van der Waals surface area contributed by atoms with Crippen LogP contribution in [-0.4, -0.2) is 35.8 Å². The van der Waals surface area contributed by atoms with E-state index in [1.165, 1.54) is 0 Å². The van der Waals surface area contributed by atoms with Crippen LogP contribution in [0.15, 0.2) is 0 Å². The Balaban J connectivity index is 2.59. The maximum absolute atomic E-state index is 12.0. The first-order chi connectivity index (χ1) is 7.76. The number of nitrogens with zero attached hydrogens (tertiary/aromatic N) is 1. The summed E-state index contributed by atoms with van der Waals surface area (Å²) in [6.07, 6.45) is 1.30. The zero-order valence-electron chi connectivity index (χ0n) is 10.9. The van der Waals surface area contributed by atoms with Crippen molar-refractivity contribution in [3.8, 4) is 0 Å². The van der Waals surface area contributed by atoms with Crippen molar-refractivity contribution in [3.63, 3.8) is 0 Å². The number of primary amides is 1. The van der Waals surface area contributed by atoms with Crippen LogP contribution >= 0.6 is 0 Å². The molecule has 1 heterocycles. The molecule has 0 aromatic heterocycles. The Bertz CT molecular complexity index is 317. The van der Waals surface area contributed by atoms with Crippen molar-refractivity contribution in [2.45, 2.75) is 39.7 Å². The Kier molecular flexibility index (Phi) is 4.14. The Morgan fingerprint density at radius 1 is 1.41 bits per heavy atom. The SMILES string of the molecule is CC(C)C[C@H](N)C(=O)N1CCC(C)(C(N)=O)C1. The molecule has 0 radical (unpaired) electrons. The zero-order chi connectivity index (χ0) is 13.2. The summed E-state index contributed by atoms with van der Waals surface area (Å²) < 4.78 is 0. The minimum atomic E-state index is -0.590. The van der Waals surface area contributed by atoms with Crippen LogP contribution in [-0.2, 0) is 9.59 Å². The molecular weight excluding hydrogens is 218 g/mol. The predicted octanol–water partition coefficient (Wildman–Crippen LogP) is 0.0837. The first-order valence-corrected chi connectivity index (χ1v) is 6.10. The van der Waals surface area contributed by atoms with E-state index in [0.29, 0.717) is 31.8 Å². The minimum absolute atomic E-state index is 0.0660. The molecule has 1 aliphatic rings. The molecule has 1 saturated heterocycles. The van der Waals surface area contributed by atoms with Crippen LogP contribution in [0.4, 0.5) is 0 Å². The number of carbonyl (C=O) groups excluding carboxylic acids is 2. The fraction of sp³-hybridized carbons (Fsp3) is 0.833. The molecule has 17 heavy (non-hydrogen) atoms. The molecule has 0 aromatic rings. The van der Waals surface area contributed by atoms with Gasteiger partial charge in [0.15, 0.2) is 0 Å². The van der Waals surface area contributed by atoms with Crippen LogP contribution in [0.1, 0.15) is 33.6 Å². The second kappa shape index (κ2) is 5.04. The average molecular weight is 241 g/mol. The number of likely N-dealkylation sites (tertiary alicyclic amines) is 1. The monoisotopic (exact) mass is 241 g/mol. The van der Waals surface area contributed by atoms with Crippen molar-refractivity contribution in [1.82, 2.24) is 4.90 Å². The quantitative estimate of drug-likeness (QED) is 0.730. The third-order valence-corrected chi connectivity index (χ3v) is 3.42. The summed E-state index contributed by atoms with van der Waals surface area (Å²) in [6.45, 7) is 6.84. The zero-order valence-corrected chi connectivity index (χ0v) is 10.9. The Morgan fingerprint density at radius 2 is 2.00 bits per heavy atom. The van der Waals surface area contributed by atoms with E-state index >= 15 is 0 Å². The molecule has 4 N–H and O–H groups in total. The molecule has 98 valence electrons. The van der Waals surface area contributed by atoms with Crippen LogP contribution in [0.25, 0.3) is 0 Å². The largest absolute Gasteiger partial charge is 0.369 e. The smallest absolute Gasteiger partial charge is 0.239 e. The summed E-state index contributed by atoms with van der Waals surface area (Å²) in [5.74, 6) is -0.0204. The van der Waals surface area contributed by atoms with E-state index in [9.17, 15) is 9.59 Å². The van der Waals surface area contributed by atoms with E-state index in [1.54, 1.807) is 11.8 Å². The Labute approximate surface area is 103 Å². The first kappa shape index (κ1) is 14.0. The molecule has 1 aliphatic heterocycles. The molecule has 0 aliphatic carbocycles. The summed E-state index contributed by atoms with van der Waals surface area (Å²) >= 11 is 0. The van der Waals surface area contributed by atoms with Gasteiger partial charge in [0.05, 0.1) is 11.5 Å². The van der Waals surface area contributed by atoms with E-state index in [2.05, 4.69) is 0 Å². The van der Waals surface area contributed by atoms with Crippen LogP contribution < -0.4 is 11.5 Å². The number of hydrogen-bond acceptors (Lipinski definition) is 3. The van der Waals surface area contributed by atoms with Crippen molar-refractivity contribution < 1.29 is 9.59 Å². The number of carbonyl (C=O) groups is 2. The topological polar surface area (TPSA) is 89.4 Å². The van der Waals surface area contributed by atoms with Crippen molar-refractivity contribution in [2.24, 2.45) is 22.8 Å². The van der Waals surface area contributed by atoms with Crippen LogP contribution in [0.5, 0.6) is 0 Å². The van der Waals surface area contributed by atoms with Crippen molar-refractivity contribution >= 4 is 11.8 Å². The number of nitrogens with two attached hydrogens (primary N) is 2. The van der Waals surface area contributed by atoms with Gasteiger partial charge in [-0.25, -0.2) is 0 Å². The molecule has 2 amide bonds. The molecule has 2 atom stereocenters. The lowest BCUT2D eigenvalue weighted by atomic mass is 9.89. The third-order valence-electron chi connectivity index (χ3n) is 3.42. The molecule has 1 fully saturated rings. The van der Waals surface area contributed by atoms with E-state index in [1.807, 2.05) is 13.8 Å². The highest BCUT2D eigenvalue weighted by atomic mass is 16.2. The van der Waals surface area contributed by atoms with Crippen LogP contribution in [0.3, 0.4) is 0 Å². The van der Waals surface area contributed by atoms with Gasteiger partial charge < -0.3 is 16.4 Å². The second-order valence-corrected chi connectivity index (χ2v) is 5.67. The second-order valence-electron chi connectivity index (χ2n) is 5.67. The van der Waals surface area contributed by atoms with Gasteiger partial charge in [0, 0.05) is 13.1 Å². The van der Waals surface area contributed by atoms with Gasteiger partial charge in [0.1, 0.15) is 0 Å². The molecule has 0 saturated carbocycles. The average Bonchev–Trinajstić information content (AvgIpc) is 2.60.